The molecule has 0 aliphatic rings. The van der Waals surface area contributed by atoms with Gasteiger partial charge in [0.2, 0.25) is 0 Å². The van der Waals surface area contributed by atoms with Crippen molar-refractivity contribution in [2.45, 2.75) is 19.8 Å². The van der Waals surface area contributed by atoms with Crippen molar-refractivity contribution >= 4 is 5.78 Å². The van der Waals surface area contributed by atoms with E-state index in [1.165, 1.54) is 5.56 Å². The molecule has 0 amide bonds. The Bertz CT molecular complexity index is 313. The molecular formula is C12H14O. The van der Waals surface area contributed by atoms with Gasteiger partial charge in [0.25, 0.3) is 0 Å². The molecule has 1 aromatic carbocycles. The Morgan fingerprint density at radius 2 is 2.15 bits per heavy atom. The fraction of sp³-hybridized carbons (Fsp3) is 0.250. The lowest BCUT2D eigenvalue weighted by molar-refractivity contribution is -0.117. The van der Waals surface area contributed by atoms with Gasteiger partial charge >= 0.3 is 0 Å². The lowest BCUT2D eigenvalue weighted by Gasteiger charge is -2.02. The molecule has 0 spiro atoms. The summed E-state index contributed by atoms with van der Waals surface area (Å²) in [6, 6.07) is 7.97. The molecule has 0 heterocycles. The molecule has 0 unspecified atom stereocenters. The summed E-state index contributed by atoms with van der Waals surface area (Å²) in [5.41, 5.74) is 2.30. The van der Waals surface area contributed by atoms with Crippen LogP contribution in [-0.2, 0) is 11.2 Å². The van der Waals surface area contributed by atoms with Gasteiger partial charge in [-0.05, 0) is 18.1 Å². The van der Waals surface area contributed by atoms with Gasteiger partial charge in [0.1, 0.15) is 5.78 Å². The topological polar surface area (TPSA) is 17.1 Å². The second kappa shape index (κ2) is 4.61. The van der Waals surface area contributed by atoms with Gasteiger partial charge in [-0.1, -0.05) is 30.3 Å². The molecule has 13 heavy (non-hydrogen) atoms. The zero-order chi connectivity index (χ0) is 9.68. The van der Waals surface area contributed by atoms with Crippen LogP contribution in [0.2, 0.25) is 0 Å². The average molecular weight is 174 g/mol. The second-order valence-corrected chi connectivity index (χ2v) is 3.13. The van der Waals surface area contributed by atoms with Crippen molar-refractivity contribution in [3.8, 4) is 0 Å². The Hall–Kier alpha value is -1.37. The lowest BCUT2D eigenvalue weighted by atomic mass is 10.0. The fourth-order valence-electron chi connectivity index (χ4n) is 1.25. The van der Waals surface area contributed by atoms with E-state index in [-0.39, 0.29) is 5.78 Å². The molecule has 1 rings (SSSR count). The van der Waals surface area contributed by atoms with Crippen LogP contribution in [0.5, 0.6) is 0 Å². The predicted molar refractivity (Wildman–Crippen MR) is 54.7 cm³/mol. The summed E-state index contributed by atoms with van der Waals surface area (Å²) in [5.74, 6) is 0.226. The van der Waals surface area contributed by atoms with Gasteiger partial charge in [-0.15, -0.1) is 6.58 Å². The first-order valence-corrected chi connectivity index (χ1v) is 4.41. The summed E-state index contributed by atoms with van der Waals surface area (Å²) in [6.45, 7) is 5.57. The quantitative estimate of drug-likeness (QED) is 0.641. The highest BCUT2D eigenvalue weighted by molar-refractivity contribution is 5.82. The maximum absolute atomic E-state index is 11.3. The van der Waals surface area contributed by atoms with Crippen LogP contribution in [0.25, 0.3) is 0 Å². The van der Waals surface area contributed by atoms with Crippen molar-refractivity contribution in [3.63, 3.8) is 0 Å². The zero-order valence-corrected chi connectivity index (χ0v) is 7.92. The van der Waals surface area contributed by atoms with Gasteiger partial charge in [0.15, 0.2) is 0 Å². The molecule has 68 valence electrons. The number of ketones is 1. The minimum atomic E-state index is 0.226. The maximum Gasteiger partial charge on any atom is 0.141 e. The van der Waals surface area contributed by atoms with E-state index in [1.807, 2.05) is 31.2 Å². The summed E-state index contributed by atoms with van der Waals surface area (Å²) in [6.07, 6.45) is 2.65. The largest absolute Gasteiger partial charge is 0.299 e. The lowest BCUT2D eigenvalue weighted by Crippen LogP contribution is -2.02. The third-order valence-corrected chi connectivity index (χ3v) is 2.02. The van der Waals surface area contributed by atoms with Gasteiger partial charge in [-0.2, -0.15) is 0 Å². The smallest absolute Gasteiger partial charge is 0.141 e. The average Bonchev–Trinajstić information content (AvgIpc) is 2.09. The number of Topliss-reactive ketones (excluding diaryl/α,β-unsaturated/α-hetero) is 1. The molecule has 1 nitrogen and oxygen atoms in total. The summed E-state index contributed by atoms with van der Waals surface area (Å²) >= 11 is 0. The molecule has 1 aromatic rings. The van der Waals surface area contributed by atoms with Crippen molar-refractivity contribution in [2.75, 3.05) is 0 Å². The van der Waals surface area contributed by atoms with Crippen LogP contribution >= 0.6 is 0 Å². The van der Waals surface area contributed by atoms with Crippen molar-refractivity contribution in [1.82, 2.24) is 0 Å². The van der Waals surface area contributed by atoms with E-state index in [1.54, 1.807) is 6.08 Å². The first-order chi connectivity index (χ1) is 6.24. The number of carbonyl (C=O) groups excluding carboxylic acids is 1. The van der Waals surface area contributed by atoms with E-state index in [0.717, 1.165) is 5.56 Å². The highest BCUT2D eigenvalue weighted by Crippen LogP contribution is 2.08. The molecule has 0 aromatic heterocycles. The molecule has 0 aliphatic heterocycles. The Morgan fingerprint density at radius 3 is 2.77 bits per heavy atom. The van der Waals surface area contributed by atoms with Crippen molar-refractivity contribution < 1.29 is 4.79 Å². The molecule has 1 heteroatoms. The van der Waals surface area contributed by atoms with Crippen LogP contribution in [0.4, 0.5) is 0 Å². The Labute approximate surface area is 79.1 Å². The molecule has 0 atom stereocenters. The highest BCUT2D eigenvalue weighted by Gasteiger charge is 2.02. The summed E-state index contributed by atoms with van der Waals surface area (Å²) in [5, 5.41) is 0. The van der Waals surface area contributed by atoms with Crippen LogP contribution < -0.4 is 0 Å². The van der Waals surface area contributed by atoms with E-state index in [0.29, 0.717) is 12.8 Å². The maximum atomic E-state index is 11.3. The Balaban J connectivity index is 2.68. The minimum absolute atomic E-state index is 0.226. The molecule has 0 saturated carbocycles. The first kappa shape index (κ1) is 9.72. The number of allylic oxidation sites excluding steroid dienone is 1. The van der Waals surface area contributed by atoms with Crippen LogP contribution in [0.1, 0.15) is 17.5 Å². The van der Waals surface area contributed by atoms with E-state index in [4.69, 9.17) is 0 Å². The second-order valence-electron chi connectivity index (χ2n) is 3.13. The van der Waals surface area contributed by atoms with Crippen molar-refractivity contribution in [3.05, 3.63) is 48.0 Å². The molecule has 0 fully saturated rings. The van der Waals surface area contributed by atoms with Crippen molar-refractivity contribution in [2.24, 2.45) is 0 Å². The third kappa shape index (κ3) is 2.86. The number of hydrogen-bond acceptors (Lipinski definition) is 1. The van der Waals surface area contributed by atoms with Crippen LogP contribution in [-0.4, -0.2) is 5.78 Å². The molecular weight excluding hydrogens is 160 g/mol. The minimum Gasteiger partial charge on any atom is -0.299 e. The predicted octanol–water partition coefficient (Wildman–Crippen LogP) is 2.68. The summed E-state index contributed by atoms with van der Waals surface area (Å²) < 4.78 is 0. The first-order valence-electron chi connectivity index (χ1n) is 4.41. The number of hydrogen-bond donors (Lipinski definition) is 0. The molecule has 0 saturated heterocycles. The third-order valence-electron chi connectivity index (χ3n) is 2.02. The fourth-order valence-corrected chi connectivity index (χ4v) is 1.25. The van der Waals surface area contributed by atoms with E-state index in [2.05, 4.69) is 6.58 Å². The van der Waals surface area contributed by atoms with Crippen molar-refractivity contribution in [1.29, 1.82) is 0 Å². The van der Waals surface area contributed by atoms with E-state index in [9.17, 15) is 4.79 Å². The molecule has 0 N–H and O–H groups in total. The number of rotatable bonds is 4. The van der Waals surface area contributed by atoms with Crippen LogP contribution in [0, 0.1) is 6.92 Å². The number of aryl methyl sites for hydroxylation is 1. The van der Waals surface area contributed by atoms with Crippen LogP contribution in [0.15, 0.2) is 36.9 Å². The standard InChI is InChI=1S/C12H14O/c1-3-6-12(13)9-11-8-5-4-7-10(11)2/h3-5,7-8H,1,6,9H2,2H3. The van der Waals surface area contributed by atoms with Gasteiger partial charge < -0.3 is 0 Å². The molecule has 0 bridgehead atoms. The van der Waals surface area contributed by atoms with E-state index < -0.39 is 0 Å². The van der Waals surface area contributed by atoms with Gasteiger partial charge in [0.05, 0.1) is 0 Å². The Kier molecular flexibility index (Phi) is 3.44. The molecule has 0 aliphatic carbocycles. The monoisotopic (exact) mass is 174 g/mol. The zero-order valence-electron chi connectivity index (χ0n) is 7.92. The Morgan fingerprint density at radius 1 is 1.46 bits per heavy atom. The number of benzene rings is 1. The van der Waals surface area contributed by atoms with E-state index >= 15 is 0 Å². The van der Waals surface area contributed by atoms with Gasteiger partial charge in [0, 0.05) is 12.8 Å². The van der Waals surface area contributed by atoms with Gasteiger partial charge in [-0.25, -0.2) is 0 Å². The summed E-state index contributed by atoms with van der Waals surface area (Å²) in [4.78, 5) is 11.3. The summed E-state index contributed by atoms with van der Waals surface area (Å²) in [7, 11) is 0. The number of carbonyl (C=O) groups is 1. The SMILES string of the molecule is C=CCC(=O)Cc1ccccc1C. The van der Waals surface area contributed by atoms with Crippen LogP contribution in [0.3, 0.4) is 0 Å². The molecule has 0 radical (unpaired) electrons. The normalized spacial score (nSPS) is 9.62. The van der Waals surface area contributed by atoms with Gasteiger partial charge in [-0.3, -0.25) is 4.79 Å². The highest BCUT2D eigenvalue weighted by atomic mass is 16.1.